The van der Waals surface area contributed by atoms with Gasteiger partial charge in [0.05, 0.1) is 17.1 Å². The second-order valence-corrected chi connectivity index (χ2v) is 7.78. The summed E-state index contributed by atoms with van der Waals surface area (Å²) in [6.45, 7) is 0.869. The zero-order chi connectivity index (χ0) is 18.4. The van der Waals surface area contributed by atoms with Gasteiger partial charge in [0.1, 0.15) is 5.75 Å². The highest BCUT2D eigenvalue weighted by Crippen LogP contribution is 2.17. The lowest BCUT2D eigenvalue weighted by Crippen LogP contribution is -2.29. The molecule has 8 heteroatoms. The molecule has 0 aliphatic heterocycles. The Morgan fingerprint density at radius 2 is 1.85 bits per heavy atom. The first-order valence-corrected chi connectivity index (χ1v) is 9.71. The molecule has 1 amide bonds. The fraction of sp³-hybridized carbons (Fsp3) is 0.278. The van der Waals surface area contributed by atoms with Crippen LogP contribution in [0.1, 0.15) is 16.8 Å². The van der Waals surface area contributed by atoms with E-state index in [1.165, 1.54) is 12.1 Å². The van der Waals surface area contributed by atoms with Crippen molar-refractivity contribution in [3.63, 3.8) is 0 Å². The average Bonchev–Trinajstić information content (AvgIpc) is 2.58. The van der Waals surface area contributed by atoms with Gasteiger partial charge in [0, 0.05) is 25.5 Å². The maximum atomic E-state index is 12.3. The molecule has 0 fully saturated rings. The van der Waals surface area contributed by atoms with Gasteiger partial charge in [-0.05, 0) is 36.8 Å². The van der Waals surface area contributed by atoms with E-state index < -0.39 is 9.84 Å². The fourth-order valence-electron chi connectivity index (χ4n) is 2.29. The lowest BCUT2D eigenvalue weighted by molar-refractivity contribution is 0.0789. The molecule has 2 N–H and O–H groups in total. The molecule has 0 radical (unpaired) electrons. The molecule has 2 rings (SSSR count). The second-order valence-electron chi connectivity index (χ2n) is 5.76. The first kappa shape index (κ1) is 21.8. The van der Waals surface area contributed by atoms with Crippen LogP contribution in [0.5, 0.6) is 5.75 Å². The summed E-state index contributed by atoms with van der Waals surface area (Å²) in [5, 5.41) is 0. The van der Waals surface area contributed by atoms with Crippen LogP contribution >= 0.6 is 12.4 Å². The summed E-state index contributed by atoms with van der Waals surface area (Å²) in [4.78, 5) is 14.1. The number of nitrogen functional groups attached to an aromatic ring is 1. The Balaban J connectivity index is 0.00000338. The topological polar surface area (TPSA) is 89.7 Å². The number of para-hydroxylation sites is 1. The SMILES string of the molecule is CN(CCCOc1cccc(S(C)(=O)=O)c1)C(=O)c1ccccc1N.Cl. The largest absolute Gasteiger partial charge is 0.493 e. The van der Waals surface area contributed by atoms with E-state index >= 15 is 0 Å². The van der Waals surface area contributed by atoms with Gasteiger partial charge in [-0.25, -0.2) is 8.42 Å². The lowest BCUT2D eigenvalue weighted by atomic mass is 10.1. The molecular weight excluding hydrogens is 376 g/mol. The molecule has 2 aromatic carbocycles. The van der Waals surface area contributed by atoms with Gasteiger partial charge in [0.2, 0.25) is 0 Å². The molecule has 0 heterocycles. The molecule has 0 unspecified atom stereocenters. The number of benzene rings is 2. The molecule has 0 bridgehead atoms. The summed E-state index contributed by atoms with van der Waals surface area (Å²) in [6, 6.07) is 13.3. The van der Waals surface area contributed by atoms with Crippen molar-refractivity contribution in [1.82, 2.24) is 4.90 Å². The summed E-state index contributed by atoms with van der Waals surface area (Å²) in [5.74, 6) is 0.349. The van der Waals surface area contributed by atoms with Crippen molar-refractivity contribution < 1.29 is 17.9 Å². The Labute approximate surface area is 160 Å². The Morgan fingerprint density at radius 3 is 2.50 bits per heavy atom. The van der Waals surface area contributed by atoms with E-state index in [9.17, 15) is 13.2 Å². The number of nitrogens with two attached hydrogens (primary N) is 1. The van der Waals surface area contributed by atoms with E-state index in [1.807, 2.05) is 0 Å². The summed E-state index contributed by atoms with van der Waals surface area (Å²) in [6.07, 6.45) is 1.76. The van der Waals surface area contributed by atoms with Crippen LogP contribution in [0.25, 0.3) is 0 Å². The number of ether oxygens (including phenoxy) is 1. The number of hydrogen-bond donors (Lipinski definition) is 1. The van der Waals surface area contributed by atoms with Gasteiger partial charge in [-0.15, -0.1) is 12.4 Å². The number of hydrogen-bond acceptors (Lipinski definition) is 5. The smallest absolute Gasteiger partial charge is 0.255 e. The van der Waals surface area contributed by atoms with Crippen LogP contribution in [0, 0.1) is 0 Å². The number of halogens is 1. The summed E-state index contributed by atoms with van der Waals surface area (Å²) in [7, 11) is -1.55. The monoisotopic (exact) mass is 398 g/mol. The van der Waals surface area contributed by atoms with Gasteiger partial charge >= 0.3 is 0 Å². The molecule has 0 aliphatic carbocycles. The third-order valence-corrected chi connectivity index (χ3v) is 4.79. The highest BCUT2D eigenvalue weighted by molar-refractivity contribution is 7.90. The van der Waals surface area contributed by atoms with E-state index in [2.05, 4.69) is 0 Å². The minimum Gasteiger partial charge on any atom is -0.493 e. The highest BCUT2D eigenvalue weighted by Gasteiger charge is 2.14. The normalized spacial score (nSPS) is 10.7. The standard InChI is InChI=1S/C18H22N2O4S.ClH/c1-20(18(21)16-9-3-4-10-17(16)19)11-6-12-24-14-7-5-8-15(13-14)25(2,22)23;/h3-5,7-10,13H,6,11-12,19H2,1-2H3;1H. The maximum absolute atomic E-state index is 12.3. The number of anilines is 1. The Kier molecular flexibility index (Phi) is 7.92. The van der Waals surface area contributed by atoms with Crippen molar-refractivity contribution in [1.29, 1.82) is 0 Å². The van der Waals surface area contributed by atoms with Gasteiger partial charge in [-0.2, -0.15) is 0 Å². The fourth-order valence-corrected chi connectivity index (χ4v) is 2.94. The summed E-state index contributed by atoms with van der Waals surface area (Å²) >= 11 is 0. The van der Waals surface area contributed by atoms with E-state index in [4.69, 9.17) is 10.5 Å². The maximum Gasteiger partial charge on any atom is 0.255 e. The predicted octanol–water partition coefficient (Wildman–Crippen LogP) is 2.64. The zero-order valence-corrected chi connectivity index (χ0v) is 16.3. The first-order chi connectivity index (χ1) is 11.8. The van der Waals surface area contributed by atoms with Gasteiger partial charge < -0.3 is 15.4 Å². The van der Waals surface area contributed by atoms with Crippen molar-refractivity contribution >= 4 is 33.8 Å². The minimum absolute atomic E-state index is 0. The molecule has 0 saturated carbocycles. The quantitative estimate of drug-likeness (QED) is 0.572. The second kappa shape index (κ2) is 9.45. The Hall–Kier alpha value is -2.25. The van der Waals surface area contributed by atoms with E-state index in [0.717, 1.165) is 6.26 Å². The molecule has 26 heavy (non-hydrogen) atoms. The van der Waals surface area contributed by atoms with Crippen LogP contribution in [0.2, 0.25) is 0 Å². The van der Waals surface area contributed by atoms with Gasteiger partial charge in [-0.3, -0.25) is 4.79 Å². The van der Waals surface area contributed by atoms with Crippen LogP contribution < -0.4 is 10.5 Å². The van der Waals surface area contributed by atoms with Crippen LogP contribution in [0.4, 0.5) is 5.69 Å². The zero-order valence-electron chi connectivity index (χ0n) is 14.7. The predicted molar refractivity (Wildman–Crippen MR) is 105 cm³/mol. The summed E-state index contributed by atoms with van der Waals surface area (Å²) in [5.41, 5.74) is 6.75. The Bertz CT molecular complexity index is 856. The van der Waals surface area contributed by atoms with Crippen LogP contribution in [0.15, 0.2) is 53.4 Å². The van der Waals surface area contributed by atoms with Crippen molar-refractivity contribution in [3.05, 3.63) is 54.1 Å². The molecule has 0 spiro atoms. The molecule has 6 nitrogen and oxygen atoms in total. The molecule has 0 saturated heterocycles. The van der Waals surface area contributed by atoms with Crippen LogP contribution in [-0.4, -0.2) is 45.7 Å². The molecule has 0 aromatic heterocycles. The third-order valence-electron chi connectivity index (χ3n) is 3.68. The Morgan fingerprint density at radius 1 is 1.15 bits per heavy atom. The number of nitrogens with zero attached hydrogens (tertiary/aromatic N) is 1. The molecular formula is C18H23ClN2O4S. The number of carbonyl (C=O) groups is 1. The van der Waals surface area contributed by atoms with Crippen LogP contribution in [-0.2, 0) is 9.84 Å². The van der Waals surface area contributed by atoms with Crippen molar-refractivity contribution in [2.24, 2.45) is 0 Å². The lowest BCUT2D eigenvalue weighted by Gasteiger charge is -2.18. The van der Waals surface area contributed by atoms with E-state index in [-0.39, 0.29) is 23.2 Å². The van der Waals surface area contributed by atoms with Gasteiger partial charge in [0.15, 0.2) is 9.84 Å². The summed E-state index contributed by atoms with van der Waals surface area (Å²) < 4.78 is 28.6. The average molecular weight is 399 g/mol. The number of sulfone groups is 1. The number of amides is 1. The molecule has 2 aromatic rings. The third kappa shape index (κ3) is 5.93. The highest BCUT2D eigenvalue weighted by atomic mass is 35.5. The van der Waals surface area contributed by atoms with E-state index in [1.54, 1.807) is 48.3 Å². The van der Waals surface area contributed by atoms with Crippen molar-refractivity contribution in [2.75, 3.05) is 32.2 Å². The van der Waals surface area contributed by atoms with Crippen LogP contribution in [0.3, 0.4) is 0 Å². The van der Waals surface area contributed by atoms with Gasteiger partial charge in [-0.1, -0.05) is 18.2 Å². The number of carbonyl (C=O) groups excluding carboxylic acids is 1. The van der Waals surface area contributed by atoms with Gasteiger partial charge in [0.25, 0.3) is 5.91 Å². The minimum atomic E-state index is -3.26. The number of rotatable bonds is 7. The molecule has 142 valence electrons. The molecule has 0 atom stereocenters. The molecule has 0 aliphatic rings. The first-order valence-electron chi connectivity index (χ1n) is 7.82. The van der Waals surface area contributed by atoms with E-state index in [0.29, 0.717) is 36.6 Å². The van der Waals surface area contributed by atoms with Crippen molar-refractivity contribution in [3.8, 4) is 5.75 Å². The van der Waals surface area contributed by atoms with Crippen molar-refractivity contribution in [2.45, 2.75) is 11.3 Å².